The van der Waals surface area contributed by atoms with E-state index in [9.17, 15) is 4.79 Å². The van der Waals surface area contributed by atoms with Crippen molar-refractivity contribution in [3.8, 4) is 0 Å². The fourth-order valence-corrected chi connectivity index (χ4v) is 1.14. The molecule has 1 rings (SSSR count). The molecule has 1 aliphatic heterocycles. The van der Waals surface area contributed by atoms with Gasteiger partial charge in [-0.3, -0.25) is 9.69 Å². The first-order chi connectivity index (χ1) is 4.18. The van der Waals surface area contributed by atoms with Crippen LogP contribution in [0.2, 0.25) is 0 Å². The van der Waals surface area contributed by atoms with E-state index in [0.29, 0.717) is 12.6 Å². The van der Waals surface area contributed by atoms with Crippen LogP contribution in [-0.2, 0) is 4.79 Å². The summed E-state index contributed by atoms with van der Waals surface area (Å²) < 4.78 is 0. The normalized spacial score (nSPS) is 30.0. The molecule has 1 aliphatic rings. The molecule has 1 heterocycles. The molecule has 0 aromatic heterocycles. The zero-order chi connectivity index (χ0) is 6.85. The number of rotatable bonds is 0. The predicted molar refractivity (Wildman–Crippen MR) is 35.1 cm³/mol. The van der Waals surface area contributed by atoms with Crippen molar-refractivity contribution in [1.82, 2.24) is 10.2 Å². The van der Waals surface area contributed by atoms with Crippen LogP contribution in [0.1, 0.15) is 6.92 Å². The van der Waals surface area contributed by atoms with Gasteiger partial charge in [-0.1, -0.05) is 0 Å². The second kappa shape index (κ2) is 2.35. The number of carbonyl (C=O) groups is 1. The molecule has 0 bridgehead atoms. The Morgan fingerprint density at radius 3 is 2.89 bits per heavy atom. The molecule has 1 atom stereocenters. The van der Waals surface area contributed by atoms with Crippen LogP contribution in [0.25, 0.3) is 0 Å². The van der Waals surface area contributed by atoms with Gasteiger partial charge in [-0.05, 0) is 14.0 Å². The third-order valence-corrected chi connectivity index (χ3v) is 1.41. The molecule has 1 amide bonds. The zero-order valence-electron chi connectivity index (χ0n) is 5.85. The highest BCUT2D eigenvalue weighted by Gasteiger charge is 2.17. The highest BCUT2D eigenvalue weighted by molar-refractivity contribution is 5.79. The van der Waals surface area contributed by atoms with E-state index in [1.54, 1.807) is 0 Å². The van der Waals surface area contributed by atoms with E-state index >= 15 is 0 Å². The molecule has 0 aliphatic carbocycles. The average Bonchev–Trinajstić information content (AvgIpc) is 1.59. The summed E-state index contributed by atoms with van der Waals surface area (Å²) in [6.45, 7) is 3.52. The van der Waals surface area contributed by atoms with Gasteiger partial charge in [0.2, 0.25) is 5.91 Å². The lowest BCUT2D eigenvalue weighted by Gasteiger charge is -2.27. The van der Waals surface area contributed by atoms with Gasteiger partial charge in [0, 0.05) is 12.6 Å². The standard InChI is InChI=1S/C6H12N2O/c1-5-3-8(2)4-6(9)7-5/h5H,3-4H2,1-2H3,(H,7,9)/t5-/m0/s1. The summed E-state index contributed by atoms with van der Waals surface area (Å²) in [5.74, 6) is 0.135. The Morgan fingerprint density at radius 1 is 1.78 bits per heavy atom. The van der Waals surface area contributed by atoms with E-state index in [2.05, 4.69) is 5.32 Å². The second-order valence-corrected chi connectivity index (χ2v) is 2.67. The van der Waals surface area contributed by atoms with Crippen molar-refractivity contribution in [2.24, 2.45) is 0 Å². The van der Waals surface area contributed by atoms with Gasteiger partial charge in [0.25, 0.3) is 0 Å². The number of nitrogens with zero attached hydrogens (tertiary/aromatic N) is 1. The number of hydrogen-bond acceptors (Lipinski definition) is 2. The van der Waals surface area contributed by atoms with Crippen molar-refractivity contribution < 1.29 is 4.79 Å². The van der Waals surface area contributed by atoms with E-state index in [0.717, 1.165) is 6.54 Å². The van der Waals surface area contributed by atoms with Crippen LogP contribution in [-0.4, -0.2) is 37.0 Å². The van der Waals surface area contributed by atoms with Gasteiger partial charge in [-0.15, -0.1) is 0 Å². The van der Waals surface area contributed by atoms with Crippen LogP contribution < -0.4 is 5.32 Å². The number of piperazine rings is 1. The Hall–Kier alpha value is -0.570. The molecule has 1 fully saturated rings. The summed E-state index contributed by atoms with van der Waals surface area (Å²) in [5, 5.41) is 2.83. The maximum atomic E-state index is 10.7. The summed E-state index contributed by atoms with van der Waals surface area (Å²) in [7, 11) is 1.95. The quantitative estimate of drug-likeness (QED) is 0.474. The molecule has 9 heavy (non-hydrogen) atoms. The minimum Gasteiger partial charge on any atom is -0.351 e. The van der Waals surface area contributed by atoms with Gasteiger partial charge in [0.1, 0.15) is 0 Å². The van der Waals surface area contributed by atoms with Crippen molar-refractivity contribution in [3.05, 3.63) is 0 Å². The SMILES string of the molecule is C[C@H]1CN(C)CC(=O)N1. The van der Waals surface area contributed by atoms with Gasteiger partial charge in [-0.2, -0.15) is 0 Å². The monoisotopic (exact) mass is 128 g/mol. The maximum absolute atomic E-state index is 10.7. The van der Waals surface area contributed by atoms with Crippen LogP contribution in [0, 0.1) is 0 Å². The lowest BCUT2D eigenvalue weighted by Crippen LogP contribution is -2.51. The summed E-state index contributed by atoms with van der Waals surface area (Å²) in [6.07, 6.45) is 0. The molecular weight excluding hydrogens is 116 g/mol. The molecule has 1 N–H and O–H groups in total. The lowest BCUT2D eigenvalue weighted by molar-refractivity contribution is -0.124. The number of amides is 1. The van der Waals surface area contributed by atoms with Crippen molar-refractivity contribution in [3.63, 3.8) is 0 Å². The Balaban J connectivity index is 2.43. The predicted octanol–water partition coefficient (Wildman–Crippen LogP) is -0.563. The van der Waals surface area contributed by atoms with Crippen molar-refractivity contribution in [1.29, 1.82) is 0 Å². The molecule has 52 valence electrons. The first-order valence-corrected chi connectivity index (χ1v) is 3.16. The zero-order valence-corrected chi connectivity index (χ0v) is 5.85. The highest BCUT2D eigenvalue weighted by atomic mass is 16.2. The summed E-state index contributed by atoms with van der Waals surface area (Å²) in [4.78, 5) is 12.7. The maximum Gasteiger partial charge on any atom is 0.234 e. The van der Waals surface area contributed by atoms with Gasteiger partial charge in [-0.25, -0.2) is 0 Å². The molecule has 0 radical (unpaired) electrons. The average molecular weight is 128 g/mol. The van der Waals surface area contributed by atoms with E-state index in [-0.39, 0.29) is 5.91 Å². The molecule has 3 heteroatoms. The van der Waals surface area contributed by atoms with Crippen LogP contribution in [0.15, 0.2) is 0 Å². The van der Waals surface area contributed by atoms with Crippen molar-refractivity contribution in [2.75, 3.05) is 20.1 Å². The molecule has 1 saturated heterocycles. The minimum atomic E-state index is 0.135. The largest absolute Gasteiger partial charge is 0.351 e. The molecule has 0 spiro atoms. The molecular formula is C6H12N2O. The summed E-state index contributed by atoms with van der Waals surface area (Å²) in [6, 6.07) is 0.316. The number of nitrogens with one attached hydrogen (secondary N) is 1. The second-order valence-electron chi connectivity index (χ2n) is 2.67. The molecule has 0 unspecified atom stereocenters. The van der Waals surface area contributed by atoms with E-state index < -0.39 is 0 Å². The molecule has 0 saturated carbocycles. The summed E-state index contributed by atoms with van der Waals surface area (Å²) in [5.41, 5.74) is 0. The fourth-order valence-electron chi connectivity index (χ4n) is 1.14. The first-order valence-electron chi connectivity index (χ1n) is 3.16. The van der Waals surface area contributed by atoms with E-state index in [1.165, 1.54) is 0 Å². The third-order valence-electron chi connectivity index (χ3n) is 1.41. The first kappa shape index (κ1) is 6.55. The highest BCUT2D eigenvalue weighted by Crippen LogP contribution is 1.94. The van der Waals surface area contributed by atoms with Gasteiger partial charge >= 0.3 is 0 Å². The number of hydrogen-bond donors (Lipinski definition) is 1. The van der Waals surface area contributed by atoms with E-state index in [4.69, 9.17) is 0 Å². The summed E-state index contributed by atoms with van der Waals surface area (Å²) >= 11 is 0. The Bertz CT molecular complexity index is 112. The van der Waals surface area contributed by atoms with Crippen LogP contribution in [0.5, 0.6) is 0 Å². The molecule has 3 nitrogen and oxygen atoms in total. The number of carbonyl (C=O) groups excluding carboxylic acids is 1. The smallest absolute Gasteiger partial charge is 0.234 e. The van der Waals surface area contributed by atoms with Gasteiger partial charge in [0.05, 0.1) is 6.54 Å². The Labute approximate surface area is 55.0 Å². The third kappa shape index (κ3) is 1.68. The minimum absolute atomic E-state index is 0.135. The lowest BCUT2D eigenvalue weighted by atomic mass is 10.2. The van der Waals surface area contributed by atoms with Crippen LogP contribution >= 0.6 is 0 Å². The van der Waals surface area contributed by atoms with Gasteiger partial charge in [0.15, 0.2) is 0 Å². The topological polar surface area (TPSA) is 32.3 Å². The Kier molecular flexibility index (Phi) is 1.71. The van der Waals surface area contributed by atoms with Crippen LogP contribution in [0.4, 0.5) is 0 Å². The molecule has 0 aromatic carbocycles. The Morgan fingerprint density at radius 2 is 2.44 bits per heavy atom. The van der Waals surface area contributed by atoms with Crippen molar-refractivity contribution in [2.45, 2.75) is 13.0 Å². The van der Waals surface area contributed by atoms with Crippen LogP contribution in [0.3, 0.4) is 0 Å². The fraction of sp³-hybridized carbons (Fsp3) is 0.833. The van der Waals surface area contributed by atoms with Gasteiger partial charge < -0.3 is 5.32 Å². The molecule has 0 aromatic rings. The van der Waals surface area contributed by atoms with E-state index in [1.807, 2.05) is 18.9 Å². The number of likely N-dealkylation sites (N-methyl/N-ethyl adjacent to an activating group) is 1. The van der Waals surface area contributed by atoms with Crippen molar-refractivity contribution >= 4 is 5.91 Å².